The molecule has 1 atom stereocenters. The van der Waals surface area contributed by atoms with E-state index in [2.05, 4.69) is 36.7 Å². The first-order chi connectivity index (χ1) is 13.3. The summed E-state index contributed by atoms with van der Waals surface area (Å²) in [6, 6.07) is 13.8. The van der Waals surface area contributed by atoms with Crippen molar-refractivity contribution >= 4 is 22.6 Å². The van der Waals surface area contributed by atoms with E-state index in [0.29, 0.717) is 13.0 Å². The maximum atomic E-state index is 12.7. The molecule has 0 bridgehead atoms. The lowest BCUT2D eigenvalue weighted by molar-refractivity contribution is -0.122. The molecule has 1 aliphatic heterocycles. The first-order valence-corrected chi connectivity index (χ1v) is 9.87. The van der Waals surface area contributed by atoms with Crippen LogP contribution >= 0.6 is 11.5 Å². The van der Waals surface area contributed by atoms with Gasteiger partial charge in [0.25, 0.3) is 0 Å². The average Bonchev–Trinajstić information content (AvgIpc) is 3.37. The fraction of sp³-hybridized carbons (Fsp3) is 0.300. The van der Waals surface area contributed by atoms with E-state index in [-0.39, 0.29) is 11.9 Å². The van der Waals surface area contributed by atoms with E-state index in [1.54, 1.807) is 12.4 Å². The zero-order chi connectivity index (χ0) is 18.5. The normalized spacial score (nSPS) is 16.4. The van der Waals surface area contributed by atoms with Crippen LogP contribution in [0.1, 0.15) is 29.8 Å². The van der Waals surface area contributed by atoms with Gasteiger partial charge >= 0.3 is 0 Å². The molecular weight excluding hydrogens is 358 g/mol. The van der Waals surface area contributed by atoms with Crippen LogP contribution in [0.2, 0.25) is 0 Å². The number of amides is 1. The van der Waals surface area contributed by atoms with Crippen LogP contribution in [0.5, 0.6) is 0 Å². The number of nitrogens with zero attached hydrogens (tertiary/aromatic N) is 4. The highest BCUT2D eigenvalue weighted by Gasteiger charge is 2.32. The summed E-state index contributed by atoms with van der Waals surface area (Å²) in [6.07, 6.45) is 6.01. The van der Waals surface area contributed by atoms with E-state index in [1.807, 2.05) is 30.3 Å². The lowest BCUT2D eigenvalue weighted by Crippen LogP contribution is -2.43. The van der Waals surface area contributed by atoms with Crippen molar-refractivity contribution in [2.45, 2.75) is 31.8 Å². The van der Waals surface area contributed by atoms with Crippen LogP contribution in [0.3, 0.4) is 0 Å². The second-order valence-corrected chi connectivity index (χ2v) is 7.31. The van der Waals surface area contributed by atoms with Crippen molar-refractivity contribution in [1.82, 2.24) is 19.7 Å². The molecule has 0 spiro atoms. The minimum atomic E-state index is -0.177. The third-order valence-corrected chi connectivity index (χ3v) is 5.47. The molecule has 1 saturated heterocycles. The van der Waals surface area contributed by atoms with Crippen LogP contribution in [-0.2, 0) is 17.8 Å². The number of hydrogen-bond donors (Lipinski definition) is 1. The Morgan fingerprint density at radius 2 is 1.96 bits per heavy atom. The summed E-state index contributed by atoms with van der Waals surface area (Å²) in [5, 5.41) is 3.87. The van der Waals surface area contributed by atoms with Crippen LogP contribution in [0, 0.1) is 0 Å². The standard InChI is InChI=1S/C20H21N5OS/c26-19(22-14-16-8-10-21-11-9-16)17-7-4-12-25(17)20-23-18(24-27-20)13-15-5-2-1-3-6-15/h1-3,5-6,8-11,17H,4,7,12-14H2,(H,22,26). The molecule has 0 radical (unpaired) electrons. The summed E-state index contributed by atoms with van der Waals surface area (Å²) in [5.74, 6) is 0.855. The highest BCUT2D eigenvalue weighted by atomic mass is 32.1. The molecule has 138 valence electrons. The van der Waals surface area contributed by atoms with Gasteiger partial charge in [-0.3, -0.25) is 9.78 Å². The van der Waals surface area contributed by atoms with Gasteiger partial charge in [-0.25, -0.2) is 4.98 Å². The van der Waals surface area contributed by atoms with Crippen molar-refractivity contribution in [3.8, 4) is 0 Å². The van der Waals surface area contributed by atoms with E-state index in [1.165, 1.54) is 17.1 Å². The third-order valence-electron chi connectivity index (χ3n) is 4.68. The molecule has 3 heterocycles. The molecular formula is C20H21N5OS. The molecule has 1 aliphatic rings. The lowest BCUT2D eigenvalue weighted by atomic mass is 10.1. The van der Waals surface area contributed by atoms with Gasteiger partial charge in [-0.05, 0) is 36.1 Å². The molecule has 2 aromatic heterocycles. The van der Waals surface area contributed by atoms with Gasteiger partial charge in [0.2, 0.25) is 11.0 Å². The molecule has 0 aliphatic carbocycles. The van der Waals surface area contributed by atoms with Crippen molar-refractivity contribution in [3.63, 3.8) is 0 Å². The Morgan fingerprint density at radius 3 is 2.78 bits per heavy atom. The summed E-state index contributed by atoms with van der Waals surface area (Å²) < 4.78 is 4.49. The van der Waals surface area contributed by atoms with Crippen molar-refractivity contribution in [2.24, 2.45) is 0 Å². The molecule has 1 fully saturated rings. The molecule has 1 amide bonds. The zero-order valence-corrected chi connectivity index (χ0v) is 15.7. The second kappa shape index (κ2) is 8.26. The SMILES string of the molecule is O=C(NCc1ccncc1)C1CCCN1c1nc(Cc2ccccc2)ns1. The fourth-order valence-electron chi connectivity index (χ4n) is 3.29. The third kappa shape index (κ3) is 4.31. The largest absolute Gasteiger partial charge is 0.350 e. The van der Waals surface area contributed by atoms with E-state index >= 15 is 0 Å². The fourth-order valence-corrected chi connectivity index (χ4v) is 4.05. The number of hydrogen-bond acceptors (Lipinski definition) is 6. The number of rotatable bonds is 6. The zero-order valence-electron chi connectivity index (χ0n) is 14.9. The predicted octanol–water partition coefficient (Wildman–Crippen LogP) is 2.81. The van der Waals surface area contributed by atoms with Crippen LogP contribution in [0.4, 0.5) is 5.13 Å². The molecule has 6 nitrogen and oxygen atoms in total. The van der Waals surface area contributed by atoms with Gasteiger partial charge in [-0.15, -0.1) is 0 Å². The number of anilines is 1. The van der Waals surface area contributed by atoms with Crippen molar-refractivity contribution in [3.05, 3.63) is 71.8 Å². The van der Waals surface area contributed by atoms with E-state index in [9.17, 15) is 4.79 Å². The lowest BCUT2D eigenvalue weighted by Gasteiger charge is -2.22. The molecule has 3 aromatic rings. The smallest absolute Gasteiger partial charge is 0.243 e. The number of pyridine rings is 1. The summed E-state index contributed by atoms with van der Waals surface area (Å²) >= 11 is 1.38. The van der Waals surface area contributed by atoms with Gasteiger partial charge in [-0.2, -0.15) is 4.37 Å². The van der Waals surface area contributed by atoms with Gasteiger partial charge in [0.05, 0.1) is 0 Å². The number of carbonyl (C=O) groups is 1. The maximum absolute atomic E-state index is 12.7. The van der Waals surface area contributed by atoms with Crippen molar-refractivity contribution < 1.29 is 4.79 Å². The van der Waals surface area contributed by atoms with E-state index < -0.39 is 0 Å². The molecule has 7 heteroatoms. The van der Waals surface area contributed by atoms with Gasteiger partial charge in [0.1, 0.15) is 11.9 Å². The van der Waals surface area contributed by atoms with Crippen LogP contribution in [0.25, 0.3) is 0 Å². The van der Waals surface area contributed by atoms with Crippen LogP contribution < -0.4 is 10.2 Å². The maximum Gasteiger partial charge on any atom is 0.243 e. The Bertz CT molecular complexity index is 884. The highest BCUT2D eigenvalue weighted by molar-refractivity contribution is 7.09. The summed E-state index contributed by atoms with van der Waals surface area (Å²) in [7, 11) is 0. The molecule has 1 aromatic carbocycles. The predicted molar refractivity (Wildman–Crippen MR) is 106 cm³/mol. The van der Waals surface area contributed by atoms with Crippen molar-refractivity contribution in [2.75, 3.05) is 11.4 Å². The Morgan fingerprint density at radius 1 is 1.15 bits per heavy atom. The Labute approximate surface area is 162 Å². The topological polar surface area (TPSA) is 71.0 Å². The number of benzene rings is 1. The van der Waals surface area contributed by atoms with E-state index in [4.69, 9.17) is 0 Å². The van der Waals surface area contributed by atoms with Gasteiger partial charge in [-0.1, -0.05) is 30.3 Å². The Kier molecular flexibility index (Phi) is 5.39. The Balaban J connectivity index is 1.40. The van der Waals surface area contributed by atoms with Gasteiger partial charge in [0.15, 0.2) is 0 Å². The number of carbonyl (C=O) groups excluding carboxylic acids is 1. The van der Waals surface area contributed by atoms with Gasteiger partial charge < -0.3 is 10.2 Å². The minimum Gasteiger partial charge on any atom is -0.350 e. The van der Waals surface area contributed by atoms with Crippen LogP contribution in [-0.4, -0.2) is 32.8 Å². The monoisotopic (exact) mass is 379 g/mol. The van der Waals surface area contributed by atoms with Crippen LogP contribution in [0.15, 0.2) is 54.9 Å². The average molecular weight is 379 g/mol. The summed E-state index contributed by atoms with van der Waals surface area (Å²) in [6.45, 7) is 1.36. The first kappa shape index (κ1) is 17.6. The van der Waals surface area contributed by atoms with Gasteiger partial charge in [0, 0.05) is 43.4 Å². The molecule has 1 unspecified atom stereocenters. The quantitative estimate of drug-likeness (QED) is 0.713. The Hall–Kier alpha value is -2.80. The first-order valence-electron chi connectivity index (χ1n) is 9.09. The summed E-state index contributed by atoms with van der Waals surface area (Å²) in [4.78, 5) is 23.5. The van der Waals surface area contributed by atoms with Crippen molar-refractivity contribution in [1.29, 1.82) is 0 Å². The molecule has 4 rings (SSSR count). The van der Waals surface area contributed by atoms with E-state index in [0.717, 1.165) is 35.9 Å². The molecule has 27 heavy (non-hydrogen) atoms. The second-order valence-electron chi connectivity index (χ2n) is 6.58. The number of nitrogens with one attached hydrogen (secondary N) is 1. The number of aromatic nitrogens is 3. The minimum absolute atomic E-state index is 0.0455. The summed E-state index contributed by atoms with van der Waals surface area (Å²) in [5.41, 5.74) is 2.24. The molecule has 1 N–H and O–H groups in total. The highest BCUT2D eigenvalue weighted by Crippen LogP contribution is 2.27. The molecule has 0 saturated carbocycles.